The van der Waals surface area contributed by atoms with Gasteiger partial charge in [0.1, 0.15) is 11.6 Å². The van der Waals surface area contributed by atoms with Crippen molar-refractivity contribution in [2.45, 2.75) is 45.8 Å². The molecule has 2 N–H and O–H groups in total. The molecule has 220 valence electrons. The molecule has 11 nitrogen and oxygen atoms in total. The van der Waals surface area contributed by atoms with Gasteiger partial charge in [0, 0.05) is 25.3 Å². The molecule has 3 rings (SSSR count). The number of methoxy groups -OCH3 is 1. The maximum absolute atomic E-state index is 13.1. The number of benzene rings is 1. The van der Waals surface area contributed by atoms with Gasteiger partial charge in [-0.25, -0.2) is 24.4 Å². The van der Waals surface area contributed by atoms with Crippen LogP contribution in [0.1, 0.15) is 44.1 Å². The molecule has 2 aromatic rings. The molecule has 1 fully saturated rings. The minimum absolute atomic E-state index is 0.00233. The van der Waals surface area contributed by atoms with Crippen molar-refractivity contribution in [2.24, 2.45) is 5.92 Å². The Hall–Kier alpha value is -4.10. The van der Waals surface area contributed by atoms with Gasteiger partial charge in [-0.05, 0) is 36.6 Å². The number of unbranched alkanes of at least 4 members (excludes halogenated alkanes) is 1. The summed E-state index contributed by atoms with van der Waals surface area (Å²) in [5.74, 6) is -1.56. The monoisotopic (exact) mass is 569 g/mol. The number of piperazine rings is 1. The highest BCUT2D eigenvalue weighted by atomic mass is 19.4. The molecule has 1 aliphatic rings. The SMILES string of the molecule is CCCCOc1ccc(NC(=O)N2CCN(c3cnc(C(=O)OC)cn3)CC2C(C)C)cc1.O=C(O)C(F)(F)F. The molecule has 0 aliphatic carbocycles. The van der Waals surface area contributed by atoms with E-state index in [0.29, 0.717) is 32.1 Å². The molecule has 1 aliphatic heterocycles. The van der Waals surface area contributed by atoms with Gasteiger partial charge in [-0.2, -0.15) is 13.2 Å². The molecule has 0 saturated carbocycles. The summed E-state index contributed by atoms with van der Waals surface area (Å²) < 4.78 is 42.1. The van der Waals surface area contributed by atoms with Gasteiger partial charge < -0.3 is 29.7 Å². The molecule has 2 heterocycles. The maximum atomic E-state index is 13.1. The van der Waals surface area contributed by atoms with Crippen LogP contribution in [0.4, 0.5) is 29.5 Å². The molecule has 0 radical (unpaired) electrons. The fraction of sp³-hybridized carbons (Fsp3) is 0.500. The Morgan fingerprint density at radius 1 is 1.12 bits per heavy atom. The van der Waals surface area contributed by atoms with E-state index in [4.69, 9.17) is 14.6 Å². The number of carboxylic acids is 1. The van der Waals surface area contributed by atoms with Crippen LogP contribution in [0.25, 0.3) is 0 Å². The normalized spacial score (nSPS) is 15.2. The van der Waals surface area contributed by atoms with Gasteiger partial charge in [-0.3, -0.25) is 0 Å². The van der Waals surface area contributed by atoms with E-state index >= 15 is 0 Å². The molecule has 1 aromatic carbocycles. The second-order valence-electron chi connectivity index (χ2n) is 9.16. The number of esters is 1. The van der Waals surface area contributed by atoms with Crippen LogP contribution in [0.15, 0.2) is 36.7 Å². The van der Waals surface area contributed by atoms with Crippen LogP contribution in [0.2, 0.25) is 0 Å². The molecule has 1 atom stereocenters. The summed E-state index contributed by atoms with van der Waals surface area (Å²) in [5.41, 5.74) is 0.901. The van der Waals surface area contributed by atoms with Gasteiger partial charge in [-0.1, -0.05) is 27.2 Å². The van der Waals surface area contributed by atoms with Gasteiger partial charge in [0.2, 0.25) is 0 Å². The predicted octanol–water partition coefficient (Wildman–Crippen LogP) is 4.45. The van der Waals surface area contributed by atoms with Gasteiger partial charge in [0.25, 0.3) is 0 Å². The number of alkyl halides is 3. The third-order valence-electron chi connectivity index (χ3n) is 5.92. The number of hydrogen-bond donors (Lipinski definition) is 2. The fourth-order valence-corrected chi connectivity index (χ4v) is 3.70. The number of carbonyl (C=O) groups excluding carboxylic acids is 2. The molecule has 1 aromatic heterocycles. The number of anilines is 2. The number of nitrogens with zero attached hydrogens (tertiary/aromatic N) is 4. The third-order valence-corrected chi connectivity index (χ3v) is 5.92. The van der Waals surface area contributed by atoms with Gasteiger partial charge in [-0.15, -0.1) is 0 Å². The predicted molar refractivity (Wildman–Crippen MR) is 140 cm³/mol. The highest BCUT2D eigenvalue weighted by molar-refractivity contribution is 5.90. The Morgan fingerprint density at radius 3 is 2.27 bits per heavy atom. The van der Waals surface area contributed by atoms with Crippen LogP contribution in [-0.2, 0) is 9.53 Å². The van der Waals surface area contributed by atoms with E-state index in [2.05, 4.69) is 45.7 Å². The first-order valence-corrected chi connectivity index (χ1v) is 12.6. The number of rotatable bonds is 8. The topological polar surface area (TPSA) is 134 Å². The quantitative estimate of drug-likeness (QED) is 0.349. The summed E-state index contributed by atoms with van der Waals surface area (Å²) in [6.07, 6.45) is 0.00955. The van der Waals surface area contributed by atoms with E-state index in [9.17, 15) is 22.8 Å². The lowest BCUT2D eigenvalue weighted by Gasteiger charge is -2.43. The van der Waals surface area contributed by atoms with E-state index in [1.54, 1.807) is 6.20 Å². The van der Waals surface area contributed by atoms with Crippen molar-refractivity contribution >= 4 is 29.5 Å². The fourth-order valence-electron chi connectivity index (χ4n) is 3.70. The summed E-state index contributed by atoms with van der Waals surface area (Å²) in [6, 6.07) is 7.34. The molecular formula is C26H34F3N5O6. The van der Waals surface area contributed by atoms with E-state index in [0.717, 1.165) is 24.3 Å². The molecule has 0 bridgehead atoms. The van der Waals surface area contributed by atoms with E-state index in [-0.39, 0.29) is 23.7 Å². The number of halogens is 3. The van der Waals surface area contributed by atoms with Crippen molar-refractivity contribution in [2.75, 3.05) is 43.6 Å². The van der Waals surface area contributed by atoms with Crippen molar-refractivity contribution in [1.29, 1.82) is 0 Å². The van der Waals surface area contributed by atoms with Crippen molar-refractivity contribution in [3.63, 3.8) is 0 Å². The molecular weight excluding hydrogens is 535 g/mol. The summed E-state index contributed by atoms with van der Waals surface area (Å²) in [6.45, 7) is 8.81. The first kappa shape index (κ1) is 32.1. The average Bonchev–Trinajstić information content (AvgIpc) is 2.93. The molecule has 2 amide bonds. The Kier molecular flexibility index (Phi) is 12.0. The first-order chi connectivity index (χ1) is 18.9. The number of nitrogens with one attached hydrogen (secondary N) is 1. The number of urea groups is 1. The lowest BCUT2D eigenvalue weighted by Crippen LogP contribution is -2.58. The minimum Gasteiger partial charge on any atom is -0.494 e. The zero-order valence-corrected chi connectivity index (χ0v) is 22.8. The standard InChI is InChI=1S/C24H33N5O4.C2HF3O2/c1-5-6-13-33-19-9-7-18(8-10-19)27-24(31)29-12-11-28(16-21(29)17(2)3)22-15-25-20(14-26-22)23(30)32-4;3-2(4,5)1(6)7/h7-10,14-15,17,21H,5-6,11-13,16H2,1-4H3,(H,27,31);(H,6,7). The Labute approximate surface area is 230 Å². The third kappa shape index (κ3) is 9.58. The van der Waals surface area contributed by atoms with Crippen LogP contribution in [0, 0.1) is 5.92 Å². The lowest BCUT2D eigenvalue weighted by atomic mass is 10.00. The smallest absolute Gasteiger partial charge is 0.490 e. The van der Waals surface area contributed by atoms with Crippen molar-refractivity contribution < 1.29 is 42.1 Å². The van der Waals surface area contributed by atoms with Crippen LogP contribution >= 0.6 is 0 Å². The highest BCUT2D eigenvalue weighted by Gasteiger charge is 2.38. The summed E-state index contributed by atoms with van der Waals surface area (Å²) in [4.78, 5) is 46.0. The van der Waals surface area contributed by atoms with Crippen LogP contribution in [0.3, 0.4) is 0 Å². The maximum Gasteiger partial charge on any atom is 0.490 e. The van der Waals surface area contributed by atoms with E-state index in [1.165, 1.54) is 13.3 Å². The zero-order chi connectivity index (χ0) is 29.9. The lowest BCUT2D eigenvalue weighted by molar-refractivity contribution is -0.192. The van der Waals surface area contributed by atoms with Crippen LogP contribution < -0.4 is 15.0 Å². The average molecular weight is 570 g/mol. The number of carboxylic acid groups (broad SMARTS) is 1. The minimum atomic E-state index is -5.08. The van der Waals surface area contributed by atoms with Crippen molar-refractivity contribution in [3.05, 3.63) is 42.4 Å². The van der Waals surface area contributed by atoms with Gasteiger partial charge >= 0.3 is 24.1 Å². The van der Waals surface area contributed by atoms with E-state index < -0.39 is 18.1 Å². The molecule has 0 spiro atoms. The Balaban J connectivity index is 0.000000708. The van der Waals surface area contributed by atoms with Gasteiger partial charge in [0.15, 0.2) is 5.69 Å². The number of ether oxygens (including phenoxy) is 2. The number of hydrogen-bond acceptors (Lipinski definition) is 8. The second-order valence-corrected chi connectivity index (χ2v) is 9.16. The largest absolute Gasteiger partial charge is 0.494 e. The van der Waals surface area contributed by atoms with Crippen LogP contribution in [0.5, 0.6) is 5.75 Å². The molecule has 14 heteroatoms. The van der Waals surface area contributed by atoms with Gasteiger partial charge in [0.05, 0.1) is 32.2 Å². The van der Waals surface area contributed by atoms with Crippen molar-refractivity contribution in [3.8, 4) is 5.75 Å². The number of carbonyl (C=O) groups is 3. The summed E-state index contributed by atoms with van der Waals surface area (Å²) in [5, 5.41) is 10.1. The summed E-state index contributed by atoms with van der Waals surface area (Å²) >= 11 is 0. The molecule has 40 heavy (non-hydrogen) atoms. The number of aromatic nitrogens is 2. The number of aliphatic carboxylic acids is 1. The molecule has 1 unspecified atom stereocenters. The second kappa shape index (κ2) is 14.9. The summed E-state index contributed by atoms with van der Waals surface area (Å²) in [7, 11) is 1.31. The zero-order valence-electron chi connectivity index (χ0n) is 22.8. The van der Waals surface area contributed by atoms with Crippen LogP contribution in [-0.4, -0.2) is 83.5 Å². The molecule has 1 saturated heterocycles. The first-order valence-electron chi connectivity index (χ1n) is 12.6. The van der Waals surface area contributed by atoms with E-state index in [1.807, 2.05) is 29.2 Å². The Morgan fingerprint density at radius 2 is 1.77 bits per heavy atom. The number of amides is 2. The van der Waals surface area contributed by atoms with Crippen molar-refractivity contribution in [1.82, 2.24) is 14.9 Å². The Bertz CT molecular complexity index is 1110. The highest BCUT2D eigenvalue weighted by Crippen LogP contribution is 2.23.